The first kappa shape index (κ1) is 19.8. The van der Waals surface area contributed by atoms with Gasteiger partial charge in [0.1, 0.15) is 12.4 Å². The van der Waals surface area contributed by atoms with Crippen LogP contribution in [-0.2, 0) is 0 Å². The number of para-hydroxylation sites is 1. The number of methoxy groups -OCH3 is 3. The molecule has 30 heavy (non-hydrogen) atoms. The van der Waals surface area contributed by atoms with Gasteiger partial charge in [0, 0.05) is 5.56 Å². The van der Waals surface area contributed by atoms with Crippen LogP contribution in [0.1, 0.15) is 0 Å². The number of hydrogen-bond donors (Lipinski definition) is 1. The van der Waals surface area contributed by atoms with Crippen LogP contribution in [0.3, 0.4) is 0 Å². The molecule has 0 spiro atoms. The molecule has 0 bridgehead atoms. The third kappa shape index (κ3) is 4.11. The molecule has 0 fully saturated rings. The van der Waals surface area contributed by atoms with Gasteiger partial charge in [-0.25, -0.2) is 9.50 Å². The minimum absolute atomic E-state index is 0.544. The van der Waals surface area contributed by atoms with Gasteiger partial charge in [-0.3, -0.25) is 0 Å². The van der Waals surface area contributed by atoms with E-state index in [0.717, 1.165) is 27.1 Å². The van der Waals surface area contributed by atoms with Crippen LogP contribution in [0, 0.1) is 0 Å². The number of ether oxygens (including phenoxy) is 4. The standard InChI is InChI=1S/C21H22N4O4S/c1-26-17-11-14(12-18(27-2)19(17)28-3)16-13-25-21(23-16)30-20(24-25)22-9-10-29-15-7-5-4-6-8-15/h4-8,11-13H,9-10H2,1-3H3,(H,22,24). The first-order valence-corrected chi connectivity index (χ1v) is 10.1. The molecule has 9 heteroatoms. The van der Waals surface area contributed by atoms with E-state index >= 15 is 0 Å². The molecule has 0 unspecified atom stereocenters. The Kier molecular flexibility index (Phi) is 5.89. The Morgan fingerprint density at radius 3 is 2.37 bits per heavy atom. The Hall–Kier alpha value is -3.46. The number of hydrogen-bond acceptors (Lipinski definition) is 8. The Labute approximate surface area is 178 Å². The second-order valence-corrected chi connectivity index (χ2v) is 7.22. The fourth-order valence-corrected chi connectivity index (χ4v) is 3.79. The minimum atomic E-state index is 0.544. The van der Waals surface area contributed by atoms with Crippen LogP contribution in [0.15, 0.2) is 48.7 Å². The molecule has 4 rings (SSSR count). The van der Waals surface area contributed by atoms with Crippen LogP contribution in [-0.4, -0.2) is 49.1 Å². The molecule has 0 aliphatic carbocycles. The van der Waals surface area contributed by atoms with Crippen molar-refractivity contribution >= 4 is 21.4 Å². The molecule has 2 heterocycles. The summed E-state index contributed by atoms with van der Waals surface area (Å²) < 4.78 is 23.7. The zero-order valence-corrected chi connectivity index (χ0v) is 17.7. The number of imidazole rings is 1. The topological polar surface area (TPSA) is 79.1 Å². The van der Waals surface area contributed by atoms with E-state index in [1.807, 2.05) is 48.7 Å². The number of fused-ring (bicyclic) bond motifs is 1. The fourth-order valence-electron chi connectivity index (χ4n) is 2.98. The summed E-state index contributed by atoms with van der Waals surface area (Å²) in [5, 5.41) is 8.59. The number of anilines is 1. The number of benzene rings is 2. The maximum absolute atomic E-state index is 5.68. The highest BCUT2D eigenvalue weighted by atomic mass is 32.1. The van der Waals surface area contributed by atoms with Crippen molar-refractivity contribution in [2.75, 3.05) is 39.8 Å². The molecule has 0 aliphatic heterocycles. The normalized spacial score (nSPS) is 10.8. The molecule has 2 aromatic heterocycles. The van der Waals surface area contributed by atoms with E-state index in [2.05, 4.69) is 15.4 Å². The molecule has 156 valence electrons. The largest absolute Gasteiger partial charge is 0.493 e. The number of aromatic nitrogens is 3. The van der Waals surface area contributed by atoms with Crippen molar-refractivity contribution < 1.29 is 18.9 Å². The minimum Gasteiger partial charge on any atom is -0.493 e. The van der Waals surface area contributed by atoms with Gasteiger partial charge in [-0.1, -0.05) is 29.5 Å². The zero-order valence-electron chi connectivity index (χ0n) is 16.9. The summed E-state index contributed by atoms with van der Waals surface area (Å²) in [6.45, 7) is 1.19. The van der Waals surface area contributed by atoms with Gasteiger partial charge in [-0.2, -0.15) is 0 Å². The van der Waals surface area contributed by atoms with Gasteiger partial charge in [0.2, 0.25) is 15.8 Å². The van der Waals surface area contributed by atoms with Crippen molar-refractivity contribution in [3.05, 3.63) is 48.7 Å². The summed E-state index contributed by atoms with van der Waals surface area (Å²) in [6.07, 6.45) is 1.87. The highest BCUT2D eigenvalue weighted by Gasteiger charge is 2.17. The molecule has 0 aliphatic rings. The summed E-state index contributed by atoms with van der Waals surface area (Å²) in [5.74, 6) is 2.56. The van der Waals surface area contributed by atoms with Gasteiger partial charge >= 0.3 is 0 Å². The predicted molar refractivity (Wildman–Crippen MR) is 116 cm³/mol. The summed E-state index contributed by atoms with van der Waals surface area (Å²) in [6, 6.07) is 13.5. The Morgan fingerprint density at radius 1 is 1.00 bits per heavy atom. The molecule has 0 saturated carbocycles. The van der Waals surface area contributed by atoms with E-state index < -0.39 is 0 Å². The summed E-state index contributed by atoms with van der Waals surface area (Å²) >= 11 is 1.47. The maximum Gasteiger partial charge on any atom is 0.214 e. The lowest BCUT2D eigenvalue weighted by Gasteiger charge is -2.13. The van der Waals surface area contributed by atoms with Gasteiger partial charge < -0.3 is 24.3 Å². The lowest BCUT2D eigenvalue weighted by molar-refractivity contribution is 0.324. The van der Waals surface area contributed by atoms with Gasteiger partial charge in [-0.15, -0.1) is 5.10 Å². The average Bonchev–Trinajstić information content (AvgIpc) is 3.35. The smallest absolute Gasteiger partial charge is 0.214 e. The van der Waals surface area contributed by atoms with Crippen LogP contribution >= 0.6 is 11.3 Å². The second-order valence-electron chi connectivity index (χ2n) is 6.26. The first-order chi connectivity index (χ1) is 14.7. The van der Waals surface area contributed by atoms with Crippen molar-refractivity contribution in [2.45, 2.75) is 0 Å². The first-order valence-electron chi connectivity index (χ1n) is 9.30. The van der Waals surface area contributed by atoms with Crippen LogP contribution in [0.25, 0.3) is 16.2 Å². The molecule has 4 aromatic rings. The van der Waals surface area contributed by atoms with Crippen LogP contribution in [0.2, 0.25) is 0 Å². The molecule has 8 nitrogen and oxygen atoms in total. The summed E-state index contributed by atoms with van der Waals surface area (Å²) in [5.41, 5.74) is 1.62. The number of nitrogens with one attached hydrogen (secondary N) is 1. The van der Waals surface area contributed by atoms with E-state index in [1.54, 1.807) is 25.8 Å². The van der Waals surface area contributed by atoms with Crippen molar-refractivity contribution in [1.82, 2.24) is 14.6 Å². The molecular formula is C21H22N4O4S. The van der Waals surface area contributed by atoms with Gasteiger partial charge in [-0.05, 0) is 24.3 Å². The lowest BCUT2D eigenvalue weighted by Crippen LogP contribution is -2.11. The SMILES string of the molecule is COc1cc(-c2cn3nc(NCCOc4ccccc4)sc3n2)cc(OC)c1OC. The van der Waals surface area contributed by atoms with Crippen molar-refractivity contribution in [3.63, 3.8) is 0 Å². The van der Waals surface area contributed by atoms with E-state index in [4.69, 9.17) is 18.9 Å². The molecule has 0 amide bonds. The Bertz CT molecular complexity index is 1070. The molecule has 0 radical (unpaired) electrons. The number of nitrogens with zero attached hydrogens (tertiary/aromatic N) is 3. The third-order valence-corrected chi connectivity index (χ3v) is 5.27. The predicted octanol–water partition coefficient (Wildman–Crippen LogP) is 3.97. The highest BCUT2D eigenvalue weighted by Crippen LogP contribution is 2.41. The van der Waals surface area contributed by atoms with Crippen LogP contribution < -0.4 is 24.3 Å². The molecule has 1 N–H and O–H groups in total. The van der Waals surface area contributed by atoms with Crippen LogP contribution in [0.5, 0.6) is 23.0 Å². The highest BCUT2D eigenvalue weighted by molar-refractivity contribution is 7.20. The summed E-state index contributed by atoms with van der Waals surface area (Å²) in [7, 11) is 4.76. The quantitative estimate of drug-likeness (QED) is 0.406. The third-order valence-electron chi connectivity index (χ3n) is 4.39. The van der Waals surface area contributed by atoms with Crippen molar-refractivity contribution in [2.24, 2.45) is 0 Å². The van der Waals surface area contributed by atoms with Crippen molar-refractivity contribution in [1.29, 1.82) is 0 Å². The van der Waals surface area contributed by atoms with E-state index in [0.29, 0.717) is 30.4 Å². The average molecular weight is 426 g/mol. The second kappa shape index (κ2) is 8.91. The van der Waals surface area contributed by atoms with E-state index in [1.165, 1.54) is 11.3 Å². The van der Waals surface area contributed by atoms with Gasteiger partial charge in [0.05, 0.1) is 39.8 Å². The fraction of sp³-hybridized carbons (Fsp3) is 0.238. The molecule has 0 atom stereocenters. The zero-order chi connectivity index (χ0) is 20.9. The Morgan fingerprint density at radius 2 is 1.73 bits per heavy atom. The number of rotatable bonds is 9. The van der Waals surface area contributed by atoms with Crippen LogP contribution in [0.4, 0.5) is 5.13 Å². The lowest BCUT2D eigenvalue weighted by atomic mass is 10.1. The maximum atomic E-state index is 5.68. The summed E-state index contributed by atoms with van der Waals surface area (Å²) in [4.78, 5) is 5.46. The van der Waals surface area contributed by atoms with E-state index in [9.17, 15) is 0 Å². The molecular weight excluding hydrogens is 404 g/mol. The Balaban J connectivity index is 1.46. The van der Waals surface area contributed by atoms with Gasteiger partial charge in [0.25, 0.3) is 0 Å². The van der Waals surface area contributed by atoms with E-state index in [-0.39, 0.29) is 0 Å². The van der Waals surface area contributed by atoms with Gasteiger partial charge in [0.15, 0.2) is 11.5 Å². The monoisotopic (exact) mass is 426 g/mol. The molecule has 0 saturated heterocycles. The van der Waals surface area contributed by atoms with Crippen molar-refractivity contribution in [3.8, 4) is 34.3 Å². The molecule has 2 aromatic carbocycles.